The van der Waals surface area contributed by atoms with E-state index in [0.717, 1.165) is 17.2 Å². The molecule has 0 spiro atoms. The van der Waals surface area contributed by atoms with Crippen molar-refractivity contribution in [2.75, 3.05) is 17.1 Å². The quantitative estimate of drug-likeness (QED) is 0.565. The maximum Gasteiger partial charge on any atom is 0.244 e. The normalized spacial score (nSPS) is 13.2. The highest BCUT2D eigenvalue weighted by atomic mass is 32.2. The van der Waals surface area contributed by atoms with Crippen molar-refractivity contribution in [1.82, 2.24) is 10.2 Å². The van der Waals surface area contributed by atoms with Gasteiger partial charge in [0.25, 0.3) is 0 Å². The first-order valence-corrected chi connectivity index (χ1v) is 12.4. The van der Waals surface area contributed by atoms with Crippen LogP contribution in [0.3, 0.4) is 0 Å². The van der Waals surface area contributed by atoms with Gasteiger partial charge in [-0.2, -0.15) is 0 Å². The molecule has 0 radical (unpaired) electrons. The first-order chi connectivity index (χ1) is 15.5. The van der Waals surface area contributed by atoms with Crippen LogP contribution < -0.4 is 9.62 Å². The summed E-state index contributed by atoms with van der Waals surface area (Å²) in [6, 6.07) is 9.75. The second kappa shape index (κ2) is 11.2. The third-order valence-electron chi connectivity index (χ3n) is 5.27. The lowest BCUT2D eigenvalue weighted by molar-refractivity contribution is -0.139. The second-order valence-corrected chi connectivity index (χ2v) is 9.73. The minimum Gasteiger partial charge on any atom is -0.352 e. The van der Waals surface area contributed by atoms with Crippen LogP contribution >= 0.6 is 0 Å². The van der Waals surface area contributed by atoms with Gasteiger partial charge in [-0.05, 0) is 38.5 Å². The predicted molar refractivity (Wildman–Crippen MR) is 123 cm³/mol. The number of anilines is 1. The average Bonchev–Trinajstić information content (AvgIpc) is 2.76. The lowest BCUT2D eigenvalue weighted by atomic mass is 10.1. The maximum atomic E-state index is 14.3. The van der Waals surface area contributed by atoms with Crippen LogP contribution in [0.25, 0.3) is 0 Å². The van der Waals surface area contributed by atoms with Crippen LogP contribution in [0.5, 0.6) is 0 Å². The molecule has 2 aromatic rings. The minimum atomic E-state index is -4.05. The fraction of sp³-hybridized carbons (Fsp3) is 0.391. The van der Waals surface area contributed by atoms with Gasteiger partial charge in [0.1, 0.15) is 24.2 Å². The van der Waals surface area contributed by atoms with Crippen molar-refractivity contribution >= 4 is 27.5 Å². The standard InChI is InChI=1S/C23H29F2N3O4S/c1-5-16(2)26-23(30)17(3)27(14-18-10-6-7-11-19(18)24)22(29)15-28(33(4,31)32)21-13-9-8-12-20(21)25/h6-13,16-17H,5,14-15H2,1-4H3,(H,26,30)/t16-,17+/m1/s1. The van der Waals surface area contributed by atoms with E-state index in [9.17, 15) is 26.8 Å². The molecule has 0 saturated heterocycles. The predicted octanol–water partition coefficient (Wildman–Crippen LogP) is 3.06. The van der Waals surface area contributed by atoms with Gasteiger partial charge < -0.3 is 10.2 Å². The van der Waals surface area contributed by atoms with Crippen LogP contribution in [0, 0.1) is 11.6 Å². The van der Waals surface area contributed by atoms with Gasteiger partial charge in [-0.3, -0.25) is 13.9 Å². The zero-order chi connectivity index (χ0) is 24.8. The Morgan fingerprint density at radius 2 is 1.58 bits per heavy atom. The molecule has 7 nitrogen and oxygen atoms in total. The fourth-order valence-electron chi connectivity index (χ4n) is 3.11. The molecule has 2 atom stereocenters. The van der Waals surface area contributed by atoms with E-state index < -0.39 is 46.1 Å². The van der Waals surface area contributed by atoms with Gasteiger partial charge in [-0.15, -0.1) is 0 Å². The van der Waals surface area contributed by atoms with Crippen LogP contribution in [-0.4, -0.2) is 50.0 Å². The summed E-state index contributed by atoms with van der Waals surface area (Å²) in [7, 11) is -4.05. The van der Waals surface area contributed by atoms with E-state index >= 15 is 0 Å². The summed E-state index contributed by atoms with van der Waals surface area (Å²) in [5, 5.41) is 2.77. The first kappa shape index (κ1) is 26.2. The van der Waals surface area contributed by atoms with Crippen molar-refractivity contribution in [3.05, 3.63) is 65.7 Å². The fourth-order valence-corrected chi connectivity index (χ4v) is 3.96. The number of sulfonamides is 1. The van der Waals surface area contributed by atoms with Crippen molar-refractivity contribution in [2.45, 2.75) is 45.8 Å². The third kappa shape index (κ3) is 6.98. The van der Waals surface area contributed by atoms with E-state index in [2.05, 4.69) is 5.32 Å². The Morgan fingerprint density at radius 3 is 2.12 bits per heavy atom. The van der Waals surface area contributed by atoms with E-state index in [-0.39, 0.29) is 23.8 Å². The number of hydrogen-bond acceptors (Lipinski definition) is 4. The number of benzene rings is 2. The van der Waals surface area contributed by atoms with Crippen LogP contribution in [0.1, 0.15) is 32.8 Å². The highest BCUT2D eigenvalue weighted by Crippen LogP contribution is 2.22. The van der Waals surface area contributed by atoms with E-state index in [1.54, 1.807) is 13.0 Å². The summed E-state index contributed by atoms with van der Waals surface area (Å²) in [4.78, 5) is 27.1. The van der Waals surface area contributed by atoms with E-state index in [4.69, 9.17) is 0 Å². The molecule has 33 heavy (non-hydrogen) atoms. The molecule has 2 amide bonds. The molecule has 2 rings (SSSR count). The van der Waals surface area contributed by atoms with Gasteiger partial charge in [-0.25, -0.2) is 17.2 Å². The number of rotatable bonds is 10. The number of amides is 2. The number of carbonyl (C=O) groups is 2. The van der Waals surface area contributed by atoms with Gasteiger partial charge >= 0.3 is 0 Å². The molecule has 0 fully saturated rings. The van der Waals surface area contributed by atoms with Crippen LogP contribution in [0.2, 0.25) is 0 Å². The Labute approximate surface area is 193 Å². The zero-order valence-electron chi connectivity index (χ0n) is 19.1. The lowest BCUT2D eigenvalue weighted by Gasteiger charge is -2.32. The zero-order valence-corrected chi connectivity index (χ0v) is 19.9. The number of carbonyl (C=O) groups excluding carboxylic acids is 2. The number of hydrogen-bond donors (Lipinski definition) is 1. The summed E-state index contributed by atoms with van der Waals surface area (Å²) >= 11 is 0. The summed E-state index contributed by atoms with van der Waals surface area (Å²) in [6.45, 7) is 4.14. The lowest BCUT2D eigenvalue weighted by Crippen LogP contribution is -2.52. The monoisotopic (exact) mass is 481 g/mol. The van der Waals surface area contributed by atoms with Crippen molar-refractivity contribution < 1.29 is 26.8 Å². The number of para-hydroxylation sites is 1. The molecule has 0 unspecified atom stereocenters. The van der Waals surface area contributed by atoms with E-state index in [0.29, 0.717) is 10.7 Å². The van der Waals surface area contributed by atoms with Crippen molar-refractivity contribution in [2.24, 2.45) is 0 Å². The van der Waals surface area contributed by atoms with Gasteiger partial charge in [0.05, 0.1) is 11.9 Å². The smallest absolute Gasteiger partial charge is 0.244 e. The van der Waals surface area contributed by atoms with E-state index in [1.807, 2.05) is 6.92 Å². The third-order valence-corrected chi connectivity index (χ3v) is 6.39. The number of halogens is 2. The highest BCUT2D eigenvalue weighted by molar-refractivity contribution is 7.92. The number of nitrogens with one attached hydrogen (secondary N) is 1. The largest absolute Gasteiger partial charge is 0.352 e. The van der Waals surface area contributed by atoms with Gasteiger partial charge in [-0.1, -0.05) is 37.3 Å². The van der Waals surface area contributed by atoms with Gasteiger partial charge in [0, 0.05) is 18.2 Å². The van der Waals surface area contributed by atoms with Crippen LogP contribution in [0.15, 0.2) is 48.5 Å². The summed E-state index contributed by atoms with van der Waals surface area (Å²) in [5.41, 5.74) is -0.137. The Hall–Kier alpha value is -3.01. The SMILES string of the molecule is CC[C@@H](C)NC(=O)[C@H](C)N(Cc1ccccc1F)C(=O)CN(c1ccccc1F)S(C)(=O)=O. The summed E-state index contributed by atoms with van der Waals surface area (Å²) in [5.74, 6) is -2.64. The number of nitrogens with zero attached hydrogens (tertiary/aromatic N) is 2. The van der Waals surface area contributed by atoms with Gasteiger partial charge in [0.2, 0.25) is 21.8 Å². The molecule has 0 heterocycles. The minimum absolute atomic E-state index is 0.156. The highest BCUT2D eigenvalue weighted by Gasteiger charge is 2.31. The van der Waals surface area contributed by atoms with E-state index in [1.165, 1.54) is 43.3 Å². The van der Waals surface area contributed by atoms with Crippen LogP contribution in [0.4, 0.5) is 14.5 Å². The Bertz CT molecular complexity index is 1090. The molecule has 180 valence electrons. The van der Waals surface area contributed by atoms with Crippen molar-refractivity contribution in [1.29, 1.82) is 0 Å². The molecule has 2 aromatic carbocycles. The Balaban J connectivity index is 2.41. The Kier molecular flexibility index (Phi) is 8.92. The van der Waals surface area contributed by atoms with Gasteiger partial charge in [0.15, 0.2) is 0 Å². The second-order valence-electron chi connectivity index (χ2n) is 7.83. The molecular formula is C23H29F2N3O4S. The average molecular weight is 482 g/mol. The molecule has 10 heteroatoms. The molecule has 0 bridgehead atoms. The molecular weight excluding hydrogens is 452 g/mol. The summed E-state index contributed by atoms with van der Waals surface area (Å²) in [6.07, 6.45) is 1.52. The molecule has 0 aliphatic carbocycles. The maximum absolute atomic E-state index is 14.3. The molecule has 0 aliphatic heterocycles. The molecule has 0 saturated carbocycles. The Morgan fingerprint density at radius 1 is 1.00 bits per heavy atom. The van der Waals surface area contributed by atoms with Crippen LogP contribution in [-0.2, 0) is 26.2 Å². The molecule has 1 N–H and O–H groups in total. The topological polar surface area (TPSA) is 86.8 Å². The molecule has 0 aliphatic rings. The first-order valence-electron chi connectivity index (χ1n) is 10.5. The molecule has 0 aromatic heterocycles. The summed E-state index contributed by atoms with van der Waals surface area (Å²) < 4.78 is 54.1. The van der Waals surface area contributed by atoms with Crippen molar-refractivity contribution in [3.8, 4) is 0 Å². The van der Waals surface area contributed by atoms with Crippen molar-refractivity contribution in [3.63, 3.8) is 0 Å².